The molecule has 6 rings (SSSR count). The molecule has 3 heterocycles. The van der Waals surface area contributed by atoms with Gasteiger partial charge in [0.2, 0.25) is 0 Å². The number of carbonyl (C=O) groups is 1. The van der Waals surface area contributed by atoms with Crippen LogP contribution in [0.15, 0.2) is 77.8 Å². The molecule has 0 fully saturated rings. The molecule has 12 nitrogen and oxygen atoms in total. The van der Waals surface area contributed by atoms with Gasteiger partial charge in [-0.3, -0.25) is 10.4 Å². The molecule has 0 bridgehead atoms. The molecule has 3 N–H and O–H groups in total. The molecule has 0 unspecified atom stereocenters. The third-order valence-corrected chi connectivity index (χ3v) is 7.72. The number of nitrogens with zero attached hydrogens (tertiary/aromatic N) is 6. The van der Waals surface area contributed by atoms with Gasteiger partial charge in [-0.05, 0) is 49.2 Å². The monoisotopic (exact) mass is 632 g/mol. The molecular weight excluding hydrogens is 596 g/mol. The molecule has 0 saturated carbocycles. The molecule has 0 spiro atoms. The molecular formula is C35H36N8O4. The molecule has 2 aromatic heterocycles. The van der Waals surface area contributed by atoms with Gasteiger partial charge < -0.3 is 29.4 Å². The first kappa shape index (κ1) is 31.2. The third kappa shape index (κ3) is 6.91. The standard InChI is InChI=1S/C35H36N8O4/c1-4-5-18-45-34(44)27-20-24(30(36)37)14-15-28(27)47-33-29-32(43(22(2)39-29)21-23-10-7-6-8-11-23)40-35(41-33)46-26-13-9-12-25(19-26)31-38-16-17-42(31)3/h6-15,19-20H,4-5,16-18,21H2,1-3H3,(H3,36,37). The van der Waals surface area contributed by atoms with Gasteiger partial charge in [0.15, 0.2) is 11.2 Å². The SMILES string of the molecule is CCCCOC(=O)c1cc(C(=N)N)ccc1Oc1nc(Oc2cccc(C3=NCCN3C)c2)nc2c1nc(C)n2Cc1ccccc1. The summed E-state index contributed by atoms with van der Waals surface area (Å²) in [5.41, 5.74) is 9.08. The van der Waals surface area contributed by atoms with Crippen LogP contribution in [0.5, 0.6) is 23.4 Å². The van der Waals surface area contributed by atoms with Crippen molar-refractivity contribution in [2.24, 2.45) is 10.7 Å². The Labute approximate surface area is 272 Å². The van der Waals surface area contributed by atoms with Crippen LogP contribution < -0.4 is 15.2 Å². The van der Waals surface area contributed by atoms with E-state index in [0.717, 1.165) is 36.5 Å². The lowest BCUT2D eigenvalue weighted by Gasteiger charge is -2.15. The van der Waals surface area contributed by atoms with Gasteiger partial charge in [-0.25, -0.2) is 9.78 Å². The molecule has 0 radical (unpaired) electrons. The predicted octanol–water partition coefficient (Wildman–Crippen LogP) is 5.70. The Morgan fingerprint density at radius 3 is 2.57 bits per heavy atom. The number of nitrogens with two attached hydrogens (primary N) is 1. The van der Waals surface area contributed by atoms with E-state index in [9.17, 15) is 4.79 Å². The van der Waals surface area contributed by atoms with E-state index in [1.165, 1.54) is 6.07 Å². The number of hydrogen-bond acceptors (Lipinski definition) is 10. The van der Waals surface area contributed by atoms with Crippen molar-refractivity contribution in [2.75, 3.05) is 26.7 Å². The van der Waals surface area contributed by atoms with Crippen LogP contribution >= 0.6 is 0 Å². The Morgan fingerprint density at radius 2 is 1.83 bits per heavy atom. The molecule has 3 aromatic carbocycles. The van der Waals surface area contributed by atoms with Crippen LogP contribution in [0.4, 0.5) is 0 Å². The highest BCUT2D eigenvalue weighted by Crippen LogP contribution is 2.34. The number of nitrogen functional groups attached to an aromatic ring is 1. The Bertz CT molecular complexity index is 1970. The third-order valence-electron chi connectivity index (χ3n) is 7.72. The van der Waals surface area contributed by atoms with Crippen LogP contribution in [0.3, 0.4) is 0 Å². The number of esters is 1. The molecule has 240 valence electrons. The summed E-state index contributed by atoms with van der Waals surface area (Å²) < 4.78 is 20.1. The van der Waals surface area contributed by atoms with Crippen molar-refractivity contribution in [3.8, 4) is 23.4 Å². The minimum atomic E-state index is -0.597. The van der Waals surface area contributed by atoms with Gasteiger partial charge in [0.1, 0.15) is 34.6 Å². The van der Waals surface area contributed by atoms with Crippen LogP contribution in [0.25, 0.3) is 11.2 Å². The highest BCUT2D eigenvalue weighted by Gasteiger charge is 2.23. The smallest absolute Gasteiger partial charge is 0.341 e. The zero-order valence-corrected chi connectivity index (χ0v) is 26.6. The van der Waals surface area contributed by atoms with Crippen molar-refractivity contribution in [3.05, 3.63) is 101 Å². The van der Waals surface area contributed by atoms with Gasteiger partial charge in [0.25, 0.3) is 5.88 Å². The second kappa shape index (κ2) is 13.7. The molecule has 5 aromatic rings. The van der Waals surface area contributed by atoms with Crippen LogP contribution in [0.2, 0.25) is 0 Å². The number of imidazole rings is 1. The largest absolute Gasteiger partial charge is 0.462 e. The summed E-state index contributed by atoms with van der Waals surface area (Å²) in [6.07, 6.45) is 1.58. The lowest BCUT2D eigenvalue weighted by molar-refractivity contribution is 0.0497. The van der Waals surface area contributed by atoms with Gasteiger partial charge in [0, 0.05) is 24.7 Å². The normalized spacial score (nSPS) is 12.7. The van der Waals surface area contributed by atoms with Crippen LogP contribution in [-0.4, -0.2) is 68.8 Å². The Balaban J connectivity index is 1.43. The summed E-state index contributed by atoms with van der Waals surface area (Å²) in [7, 11) is 2.01. The number of likely N-dealkylation sites (N-methyl/N-ethyl adjacent to an activating group) is 1. The average Bonchev–Trinajstić information content (AvgIpc) is 3.64. The van der Waals surface area contributed by atoms with Gasteiger partial charge in [0.05, 0.1) is 19.7 Å². The molecule has 1 aliphatic heterocycles. The fourth-order valence-corrected chi connectivity index (χ4v) is 5.22. The van der Waals surface area contributed by atoms with E-state index in [1.807, 2.05) is 80.1 Å². The topological polar surface area (TPSA) is 154 Å². The molecule has 0 atom stereocenters. The van der Waals surface area contributed by atoms with Gasteiger partial charge in [-0.2, -0.15) is 9.97 Å². The van der Waals surface area contributed by atoms with Crippen molar-refractivity contribution in [1.29, 1.82) is 5.41 Å². The fraction of sp³-hybridized carbons (Fsp3) is 0.257. The van der Waals surface area contributed by atoms with E-state index in [0.29, 0.717) is 41.3 Å². The van der Waals surface area contributed by atoms with E-state index in [1.54, 1.807) is 12.1 Å². The lowest BCUT2D eigenvalue weighted by Crippen LogP contribution is -2.23. The van der Waals surface area contributed by atoms with Crippen molar-refractivity contribution in [1.82, 2.24) is 24.4 Å². The van der Waals surface area contributed by atoms with Crippen LogP contribution in [0.1, 0.15) is 52.6 Å². The first-order valence-corrected chi connectivity index (χ1v) is 15.5. The number of hydrogen-bond donors (Lipinski definition) is 2. The maximum atomic E-state index is 13.2. The summed E-state index contributed by atoms with van der Waals surface area (Å²) >= 11 is 0. The summed E-state index contributed by atoms with van der Waals surface area (Å²) in [6.45, 7) is 6.24. The van der Waals surface area contributed by atoms with E-state index in [4.69, 9.17) is 35.3 Å². The number of carbonyl (C=O) groups excluding carboxylic acids is 1. The van der Waals surface area contributed by atoms with Crippen molar-refractivity contribution in [2.45, 2.75) is 33.2 Å². The van der Waals surface area contributed by atoms with Crippen molar-refractivity contribution >= 4 is 28.8 Å². The summed E-state index contributed by atoms with van der Waals surface area (Å²) in [4.78, 5) is 34.1. The summed E-state index contributed by atoms with van der Waals surface area (Å²) in [5, 5.41) is 7.90. The zero-order valence-electron chi connectivity index (χ0n) is 26.6. The molecule has 0 saturated heterocycles. The lowest BCUT2D eigenvalue weighted by atomic mass is 10.1. The van der Waals surface area contributed by atoms with E-state index < -0.39 is 5.97 Å². The first-order chi connectivity index (χ1) is 22.8. The van der Waals surface area contributed by atoms with Crippen molar-refractivity contribution < 1.29 is 19.0 Å². The molecule has 47 heavy (non-hydrogen) atoms. The Hall–Kier alpha value is -5.78. The number of nitrogens with one attached hydrogen (secondary N) is 1. The number of rotatable bonds is 12. The number of aliphatic imine (C=N–C) groups is 1. The highest BCUT2D eigenvalue weighted by molar-refractivity contribution is 6.00. The van der Waals surface area contributed by atoms with Gasteiger partial charge in [-0.1, -0.05) is 55.8 Å². The van der Waals surface area contributed by atoms with Gasteiger partial charge in [-0.15, -0.1) is 0 Å². The zero-order chi connectivity index (χ0) is 32.9. The quantitative estimate of drug-likeness (QED) is 0.0763. The minimum Gasteiger partial charge on any atom is -0.462 e. The van der Waals surface area contributed by atoms with Gasteiger partial charge >= 0.3 is 12.0 Å². The maximum absolute atomic E-state index is 13.2. The van der Waals surface area contributed by atoms with Crippen LogP contribution in [0, 0.1) is 12.3 Å². The van der Waals surface area contributed by atoms with E-state index in [2.05, 4.69) is 14.9 Å². The number of ether oxygens (including phenoxy) is 3. The number of fused-ring (bicyclic) bond motifs is 1. The molecule has 1 aliphatic rings. The highest BCUT2D eigenvalue weighted by atomic mass is 16.5. The number of aromatic nitrogens is 4. The number of aryl methyl sites for hydroxylation is 1. The van der Waals surface area contributed by atoms with Crippen molar-refractivity contribution in [3.63, 3.8) is 0 Å². The average molecular weight is 633 g/mol. The Morgan fingerprint density at radius 1 is 1.00 bits per heavy atom. The Kier molecular flexibility index (Phi) is 9.09. The predicted molar refractivity (Wildman–Crippen MR) is 179 cm³/mol. The van der Waals surface area contributed by atoms with E-state index in [-0.39, 0.29) is 35.6 Å². The molecule has 0 amide bonds. The number of unbranched alkanes of at least 4 members (excludes halogenated alkanes) is 1. The van der Waals surface area contributed by atoms with E-state index >= 15 is 0 Å². The summed E-state index contributed by atoms with van der Waals surface area (Å²) in [5.74, 6) is 1.58. The van der Waals surface area contributed by atoms with Crippen LogP contribution in [-0.2, 0) is 11.3 Å². The first-order valence-electron chi connectivity index (χ1n) is 15.5. The molecule has 0 aliphatic carbocycles. The minimum absolute atomic E-state index is 0.0352. The fourth-order valence-electron chi connectivity index (χ4n) is 5.22. The molecule has 12 heteroatoms. The summed E-state index contributed by atoms with van der Waals surface area (Å²) in [6, 6.07) is 22.3. The maximum Gasteiger partial charge on any atom is 0.341 e. The number of amidine groups is 2. The second-order valence-corrected chi connectivity index (χ2v) is 11.2. The number of benzene rings is 3. The second-order valence-electron chi connectivity index (χ2n) is 11.2.